The SMILES string of the molecule is CCc1ccccc1NC(=O)c1c(NC(=O)c2cccnc2)sc2c1CCC(C(C)(C)C)C2. The molecule has 1 aliphatic rings. The van der Waals surface area contributed by atoms with Gasteiger partial charge in [-0.25, -0.2) is 0 Å². The molecule has 0 aliphatic heterocycles. The summed E-state index contributed by atoms with van der Waals surface area (Å²) in [7, 11) is 0. The summed E-state index contributed by atoms with van der Waals surface area (Å²) >= 11 is 1.54. The molecule has 0 fully saturated rings. The Labute approximate surface area is 199 Å². The molecule has 1 aliphatic carbocycles. The first-order valence-corrected chi connectivity index (χ1v) is 12.3. The molecule has 0 saturated heterocycles. The van der Waals surface area contributed by atoms with Crippen LogP contribution in [0.2, 0.25) is 0 Å². The predicted octanol–water partition coefficient (Wildman–Crippen LogP) is 6.36. The maximum Gasteiger partial charge on any atom is 0.258 e. The molecule has 0 bridgehead atoms. The Balaban J connectivity index is 1.70. The molecule has 5 nitrogen and oxygen atoms in total. The molecule has 0 radical (unpaired) electrons. The Morgan fingerprint density at radius 1 is 1.09 bits per heavy atom. The fourth-order valence-corrected chi connectivity index (χ4v) is 5.78. The van der Waals surface area contributed by atoms with Gasteiger partial charge in [0.2, 0.25) is 0 Å². The molecule has 4 rings (SSSR count). The van der Waals surface area contributed by atoms with Gasteiger partial charge in [-0.3, -0.25) is 14.6 Å². The molecule has 172 valence electrons. The largest absolute Gasteiger partial charge is 0.322 e. The van der Waals surface area contributed by atoms with Crippen molar-refractivity contribution in [1.29, 1.82) is 0 Å². The molecule has 3 aromatic rings. The van der Waals surface area contributed by atoms with Gasteiger partial charge in [-0.1, -0.05) is 45.9 Å². The highest BCUT2D eigenvalue weighted by molar-refractivity contribution is 7.17. The van der Waals surface area contributed by atoms with Gasteiger partial charge in [-0.2, -0.15) is 0 Å². The van der Waals surface area contributed by atoms with Crippen LogP contribution < -0.4 is 10.6 Å². The molecule has 2 N–H and O–H groups in total. The molecule has 1 atom stereocenters. The van der Waals surface area contributed by atoms with Crippen molar-refractivity contribution < 1.29 is 9.59 Å². The Hall–Kier alpha value is -2.99. The second kappa shape index (κ2) is 9.48. The van der Waals surface area contributed by atoms with Crippen molar-refractivity contribution in [3.05, 3.63) is 75.9 Å². The minimum Gasteiger partial charge on any atom is -0.322 e. The van der Waals surface area contributed by atoms with E-state index in [-0.39, 0.29) is 17.2 Å². The lowest BCUT2D eigenvalue weighted by molar-refractivity contribution is 0.102. The van der Waals surface area contributed by atoms with Crippen molar-refractivity contribution >= 4 is 33.8 Å². The summed E-state index contributed by atoms with van der Waals surface area (Å²) in [4.78, 5) is 31.7. The number of hydrogen-bond acceptors (Lipinski definition) is 4. The highest BCUT2D eigenvalue weighted by Crippen LogP contribution is 2.44. The van der Waals surface area contributed by atoms with Gasteiger partial charge in [0.15, 0.2) is 0 Å². The van der Waals surface area contributed by atoms with Crippen molar-refractivity contribution in [2.45, 2.75) is 53.4 Å². The van der Waals surface area contributed by atoms with Gasteiger partial charge >= 0.3 is 0 Å². The molecule has 0 saturated carbocycles. The number of aryl methyl sites for hydroxylation is 1. The number of rotatable bonds is 5. The van der Waals surface area contributed by atoms with Crippen molar-refractivity contribution in [3.8, 4) is 0 Å². The van der Waals surface area contributed by atoms with Crippen molar-refractivity contribution in [2.75, 3.05) is 10.6 Å². The van der Waals surface area contributed by atoms with Crippen LogP contribution in [0, 0.1) is 11.3 Å². The van der Waals surface area contributed by atoms with Crippen LogP contribution in [0.3, 0.4) is 0 Å². The summed E-state index contributed by atoms with van der Waals surface area (Å²) in [5.41, 5.74) is 4.25. The zero-order valence-corrected chi connectivity index (χ0v) is 20.5. The number of nitrogens with one attached hydrogen (secondary N) is 2. The Morgan fingerprint density at radius 2 is 1.88 bits per heavy atom. The van der Waals surface area contributed by atoms with E-state index in [9.17, 15) is 9.59 Å². The molecule has 2 amide bonds. The van der Waals surface area contributed by atoms with Crippen LogP contribution >= 0.6 is 11.3 Å². The Morgan fingerprint density at radius 3 is 2.58 bits per heavy atom. The molecule has 1 aromatic carbocycles. The lowest BCUT2D eigenvalue weighted by Gasteiger charge is -2.33. The summed E-state index contributed by atoms with van der Waals surface area (Å²) in [6.45, 7) is 8.90. The highest BCUT2D eigenvalue weighted by Gasteiger charge is 2.34. The van der Waals surface area contributed by atoms with Crippen molar-refractivity contribution in [1.82, 2.24) is 4.98 Å². The van der Waals surface area contributed by atoms with E-state index >= 15 is 0 Å². The summed E-state index contributed by atoms with van der Waals surface area (Å²) in [6, 6.07) is 11.3. The number of fused-ring (bicyclic) bond motifs is 1. The number of hydrogen-bond donors (Lipinski definition) is 2. The predicted molar refractivity (Wildman–Crippen MR) is 135 cm³/mol. The van der Waals surface area contributed by atoms with Gasteiger partial charge in [-0.05, 0) is 66.3 Å². The maximum absolute atomic E-state index is 13.6. The van der Waals surface area contributed by atoms with E-state index < -0.39 is 0 Å². The normalized spacial score (nSPS) is 15.6. The second-order valence-corrected chi connectivity index (χ2v) is 10.8. The van der Waals surface area contributed by atoms with Gasteiger partial charge < -0.3 is 10.6 Å². The number of pyridine rings is 1. The molecule has 0 spiro atoms. The number of aromatic nitrogens is 1. The zero-order valence-electron chi connectivity index (χ0n) is 19.7. The number of amides is 2. The van der Waals surface area contributed by atoms with Crippen LogP contribution in [0.4, 0.5) is 10.7 Å². The van der Waals surface area contributed by atoms with Gasteiger partial charge in [0.1, 0.15) is 5.00 Å². The number of anilines is 2. The van der Waals surface area contributed by atoms with Crippen molar-refractivity contribution in [3.63, 3.8) is 0 Å². The zero-order chi connectivity index (χ0) is 23.6. The van der Waals surface area contributed by atoms with Gasteiger partial charge in [0, 0.05) is 23.0 Å². The van der Waals surface area contributed by atoms with E-state index in [1.807, 2.05) is 24.3 Å². The van der Waals surface area contributed by atoms with Crippen LogP contribution in [0.15, 0.2) is 48.8 Å². The van der Waals surface area contributed by atoms with Crippen LogP contribution in [-0.2, 0) is 19.3 Å². The van der Waals surface area contributed by atoms with Crippen LogP contribution in [0.5, 0.6) is 0 Å². The van der Waals surface area contributed by atoms with E-state index in [0.29, 0.717) is 22.0 Å². The van der Waals surface area contributed by atoms with Crippen LogP contribution in [0.25, 0.3) is 0 Å². The highest BCUT2D eigenvalue weighted by atomic mass is 32.1. The van der Waals surface area contributed by atoms with Crippen LogP contribution in [0.1, 0.15) is 70.8 Å². The minimum absolute atomic E-state index is 0.163. The van der Waals surface area contributed by atoms with Gasteiger partial charge in [0.25, 0.3) is 11.8 Å². The number of nitrogens with zero attached hydrogens (tertiary/aromatic N) is 1. The lowest BCUT2D eigenvalue weighted by Crippen LogP contribution is -2.27. The average Bonchev–Trinajstić information content (AvgIpc) is 3.16. The summed E-state index contributed by atoms with van der Waals surface area (Å²) < 4.78 is 0. The number of carbonyl (C=O) groups is 2. The first-order valence-electron chi connectivity index (χ1n) is 11.5. The van der Waals surface area contributed by atoms with Gasteiger partial charge in [-0.15, -0.1) is 11.3 Å². The van der Waals surface area contributed by atoms with Crippen molar-refractivity contribution in [2.24, 2.45) is 11.3 Å². The second-order valence-electron chi connectivity index (χ2n) is 9.67. The summed E-state index contributed by atoms with van der Waals surface area (Å²) in [5, 5.41) is 6.74. The molecular formula is C27H31N3O2S. The Bertz CT molecular complexity index is 1160. The van der Waals surface area contributed by atoms with E-state index in [1.165, 1.54) is 11.1 Å². The van der Waals surface area contributed by atoms with Crippen LogP contribution in [-0.4, -0.2) is 16.8 Å². The lowest BCUT2D eigenvalue weighted by atomic mass is 9.72. The third kappa shape index (κ3) is 5.01. The van der Waals surface area contributed by atoms with Gasteiger partial charge in [0.05, 0.1) is 11.1 Å². The summed E-state index contributed by atoms with van der Waals surface area (Å²) in [5.74, 6) is 0.128. The third-order valence-corrected chi connectivity index (χ3v) is 7.68. The number of para-hydroxylation sites is 1. The average molecular weight is 462 g/mol. The molecular weight excluding hydrogens is 430 g/mol. The number of benzene rings is 1. The molecule has 33 heavy (non-hydrogen) atoms. The minimum atomic E-state index is -0.253. The quantitative estimate of drug-likeness (QED) is 0.464. The van der Waals surface area contributed by atoms with E-state index in [2.05, 4.69) is 43.3 Å². The third-order valence-electron chi connectivity index (χ3n) is 6.51. The fourth-order valence-electron chi connectivity index (χ4n) is 4.46. The first-order chi connectivity index (χ1) is 15.8. The van der Waals surface area contributed by atoms with E-state index in [1.54, 1.807) is 29.7 Å². The fraction of sp³-hybridized carbons (Fsp3) is 0.370. The topological polar surface area (TPSA) is 71.1 Å². The maximum atomic E-state index is 13.6. The number of thiophene rings is 1. The number of carbonyl (C=O) groups excluding carboxylic acids is 2. The van der Waals surface area contributed by atoms with E-state index in [4.69, 9.17) is 0 Å². The Kier molecular flexibility index (Phi) is 6.66. The molecule has 2 aromatic heterocycles. The first kappa shape index (κ1) is 23.2. The molecule has 1 unspecified atom stereocenters. The standard InChI is InChI=1S/C27H31N3O2S/c1-5-17-9-6-7-11-21(17)29-25(32)23-20-13-12-19(27(2,3)4)15-22(20)33-26(23)30-24(31)18-10-8-14-28-16-18/h6-11,14,16,19H,5,12-13,15H2,1-4H3,(H,29,32)(H,30,31). The summed E-state index contributed by atoms with van der Waals surface area (Å²) in [6.07, 6.45) is 6.81. The molecule has 2 heterocycles. The smallest absolute Gasteiger partial charge is 0.258 e. The molecule has 6 heteroatoms. The monoisotopic (exact) mass is 461 g/mol. The van der Waals surface area contributed by atoms with E-state index in [0.717, 1.165) is 42.5 Å².